The summed E-state index contributed by atoms with van der Waals surface area (Å²) >= 11 is 3.33. The normalized spacial score (nSPS) is 9.22. The minimum atomic E-state index is -5.32. The van der Waals surface area contributed by atoms with Crippen molar-refractivity contribution in [2.75, 3.05) is 13.2 Å². The Hall–Kier alpha value is -2.01. The van der Waals surface area contributed by atoms with Crippen LogP contribution < -0.4 is 68.9 Å². The molecule has 9 nitrogen and oxygen atoms in total. The van der Waals surface area contributed by atoms with E-state index in [0.717, 1.165) is 19.3 Å². The molecule has 0 N–H and O–H groups in total. The van der Waals surface area contributed by atoms with E-state index in [1.165, 1.54) is 64.7 Å². The van der Waals surface area contributed by atoms with Crippen LogP contribution in [-0.2, 0) is 32.9 Å². The van der Waals surface area contributed by atoms with Crippen LogP contribution >= 0.6 is 20.5 Å². The Bertz CT molecular complexity index is 1470. The van der Waals surface area contributed by atoms with Gasteiger partial charge in [-0.05, 0) is 77.5 Å². The number of hydrogen-bond donors (Lipinski definition) is 1. The van der Waals surface area contributed by atoms with Crippen LogP contribution in [0.5, 0.6) is 0 Å². The number of ether oxygens (including phenoxy) is 2. The molecule has 0 rings (SSSR count). The summed E-state index contributed by atoms with van der Waals surface area (Å²) in [4.78, 5) is 55.0. The van der Waals surface area contributed by atoms with Gasteiger partial charge in [0.05, 0.1) is 14.4 Å². The van der Waals surface area contributed by atoms with E-state index >= 15 is 0 Å². The zero-order valence-electron chi connectivity index (χ0n) is 29.0. The predicted octanol–water partition coefficient (Wildman–Crippen LogP) is 1.09. The fraction of sp³-hybridized carbons (Fsp3) is 0.528. The SMILES string of the molecule is C#CC#CC#CC#CC#CC#CC#CC(=O)OC[C@H](COP(=O)([O-])[O-])OC(=O)CCCCCCCCCCCCCCC.CC(=O)S.[HH].[HH].[HH].[HH].[HH].[HH].[HH].[HH].[HH].[HH].[HH].[HH].[HH].[Na+].[Na+]. The molecule has 0 aliphatic carbocycles. The summed E-state index contributed by atoms with van der Waals surface area (Å²) in [5.74, 6) is 28.4. The first-order valence-corrected chi connectivity index (χ1v) is 17.1. The van der Waals surface area contributed by atoms with E-state index in [0.29, 0.717) is 6.42 Å². The van der Waals surface area contributed by atoms with Gasteiger partial charge in [0.2, 0.25) is 0 Å². The van der Waals surface area contributed by atoms with Crippen LogP contribution in [0.2, 0.25) is 0 Å². The topological polar surface area (TPSA) is 142 Å². The molecular weight excluding hydrogens is 685 g/mol. The minimum Gasteiger partial charge on any atom is -0.790 e. The Labute approximate surface area is 362 Å². The monoisotopic (exact) mass is 752 g/mol. The van der Waals surface area contributed by atoms with E-state index in [4.69, 9.17) is 15.9 Å². The second-order valence-corrected chi connectivity index (χ2v) is 11.4. The van der Waals surface area contributed by atoms with Gasteiger partial charge in [-0.1, -0.05) is 84.0 Å². The number of esters is 2. The number of hydrogen-bond acceptors (Lipinski definition) is 9. The van der Waals surface area contributed by atoms with Crippen molar-refractivity contribution in [2.24, 2.45) is 0 Å². The Morgan fingerprint density at radius 2 is 1.10 bits per heavy atom. The predicted molar refractivity (Wildman–Crippen MR) is 207 cm³/mol. The molecule has 0 saturated carbocycles. The van der Waals surface area contributed by atoms with Crippen molar-refractivity contribution < 1.29 is 120 Å². The molecule has 278 valence electrons. The molecule has 0 fully saturated rings. The Morgan fingerprint density at radius 1 is 0.714 bits per heavy atom. The van der Waals surface area contributed by atoms with Crippen LogP contribution in [0, 0.1) is 83.4 Å². The zero-order chi connectivity index (χ0) is 35.4. The Morgan fingerprint density at radius 3 is 1.51 bits per heavy atom. The molecule has 0 radical (unpaired) electrons. The molecule has 0 aromatic carbocycles. The largest absolute Gasteiger partial charge is 1.00 e. The summed E-state index contributed by atoms with van der Waals surface area (Å²) in [6.45, 7) is 2.26. The van der Waals surface area contributed by atoms with Crippen molar-refractivity contribution in [1.29, 1.82) is 0 Å². The molecule has 0 amide bonds. The number of unbranched alkanes of at least 4 members (excludes halogenated alkanes) is 12. The van der Waals surface area contributed by atoms with E-state index < -0.39 is 39.1 Å². The maximum atomic E-state index is 12.2. The third-order valence-electron chi connectivity index (χ3n) is 5.46. The summed E-state index contributed by atoms with van der Waals surface area (Å²) in [6, 6.07) is 0. The van der Waals surface area contributed by atoms with Gasteiger partial charge in [-0.25, -0.2) is 4.79 Å². The van der Waals surface area contributed by atoms with E-state index in [-0.39, 0.29) is 89.2 Å². The first-order chi connectivity index (χ1) is 22.5. The van der Waals surface area contributed by atoms with Gasteiger partial charge in [0.1, 0.15) is 6.61 Å². The first-order valence-electron chi connectivity index (χ1n) is 15.2. The van der Waals surface area contributed by atoms with E-state index in [2.05, 4.69) is 101 Å². The summed E-state index contributed by atoms with van der Waals surface area (Å²) in [7, 11) is -5.32. The third-order valence-corrected chi connectivity index (χ3v) is 5.93. The van der Waals surface area contributed by atoms with E-state index in [1.807, 2.05) is 0 Å². The molecule has 0 aromatic rings. The molecule has 13 heteroatoms. The van der Waals surface area contributed by atoms with Crippen LogP contribution in [0.1, 0.15) is 122 Å². The minimum absolute atomic E-state index is 0. The van der Waals surface area contributed by atoms with Gasteiger partial charge in [0.15, 0.2) is 11.2 Å². The molecule has 0 aliphatic rings. The molecule has 49 heavy (non-hydrogen) atoms. The number of rotatable bonds is 20. The van der Waals surface area contributed by atoms with Crippen LogP contribution in [0.15, 0.2) is 0 Å². The van der Waals surface area contributed by atoms with Crippen molar-refractivity contribution in [3.8, 4) is 83.4 Å². The van der Waals surface area contributed by atoms with Gasteiger partial charge < -0.3 is 28.3 Å². The van der Waals surface area contributed by atoms with Crippen LogP contribution in [0.4, 0.5) is 0 Å². The van der Waals surface area contributed by atoms with Gasteiger partial charge in [0.25, 0.3) is 0 Å². The smallest absolute Gasteiger partial charge is 0.790 e. The fourth-order valence-electron chi connectivity index (χ4n) is 3.43. The maximum Gasteiger partial charge on any atom is 1.00 e. The Kier molecular flexibility index (Phi) is 44.4. The summed E-state index contributed by atoms with van der Waals surface area (Å²) in [5.41, 5.74) is 0. The maximum absolute atomic E-state index is 12.2. The number of carbonyl (C=O) groups excluding carboxylic acids is 3. The van der Waals surface area contributed by atoms with Gasteiger partial charge in [-0.3, -0.25) is 9.59 Å². The molecular formula is C36H67Na2O9PS. The standard InChI is InChI=1S/C34H39O8P.C2H4OS.2Na.13H2/c1-3-5-7-9-11-13-15-17-19-21-23-25-27-29-34(36)42-32(31-41-43(37,38)39)30-40-33(35)28-26-24-22-20-18-16-14-12-10-8-6-4-2;1-2(3)4;;;;;;;;;;;;;;;/h2,32H,3,5,7,9,11,13,15,17,19,21,23,25,27,29-31H2,1H3,(H2,37,38,39);1H3,(H,3,4);;;13*1H/q;;2*+1;;;;;;;;;;;;;/p-2/t32-;;;;;;;;;;;;;;;;/m1................/s1. The average molecular weight is 753 g/mol. The van der Waals surface area contributed by atoms with Crippen LogP contribution in [-0.4, -0.2) is 36.4 Å². The summed E-state index contributed by atoms with van der Waals surface area (Å²) in [5, 5.41) is -0.139. The van der Waals surface area contributed by atoms with Crippen molar-refractivity contribution in [2.45, 2.75) is 110 Å². The molecule has 0 heterocycles. The number of phosphoric acid groups is 1. The molecule has 0 saturated heterocycles. The van der Waals surface area contributed by atoms with Crippen molar-refractivity contribution in [1.82, 2.24) is 0 Å². The second kappa shape index (κ2) is 40.4. The van der Waals surface area contributed by atoms with Crippen molar-refractivity contribution >= 4 is 37.5 Å². The van der Waals surface area contributed by atoms with Crippen molar-refractivity contribution in [3.63, 3.8) is 0 Å². The number of terminal acetylenes is 1. The van der Waals surface area contributed by atoms with E-state index in [9.17, 15) is 28.7 Å². The second-order valence-electron chi connectivity index (χ2n) is 9.61. The summed E-state index contributed by atoms with van der Waals surface area (Å²) < 4.78 is 25.0. The average Bonchev–Trinajstić information content (AvgIpc) is 3.00. The molecule has 0 aromatic heterocycles. The van der Waals surface area contributed by atoms with Gasteiger partial charge in [0, 0.05) is 37.8 Å². The summed E-state index contributed by atoms with van der Waals surface area (Å²) in [6.07, 6.45) is 18.8. The zero-order valence-corrected chi connectivity index (χ0v) is 34.8. The quantitative estimate of drug-likeness (QED) is 0.0368. The first kappa shape index (κ1) is 53.8. The van der Waals surface area contributed by atoms with Gasteiger partial charge in [-0.2, -0.15) is 0 Å². The van der Waals surface area contributed by atoms with Crippen LogP contribution in [0.25, 0.3) is 0 Å². The van der Waals surface area contributed by atoms with Gasteiger partial charge in [-0.15, -0.1) is 19.1 Å². The van der Waals surface area contributed by atoms with Crippen molar-refractivity contribution in [3.05, 3.63) is 0 Å². The molecule has 0 unspecified atom stereocenters. The Balaban J connectivity index is -0.0000000679. The molecule has 0 bridgehead atoms. The molecule has 1 atom stereocenters. The molecule has 0 aliphatic heterocycles. The number of thiol groups is 1. The third kappa shape index (κ3) is 50.5. The molecule has 0 spiro atoms. The number of carbonyl (C=O) groups is 3. The van der Waals surface area contributed by atoms with Gasteiger partial charge >= 0.3 is 71.1 Å². The fourth-order valence-corrected chi connectivity index (χ4v) is 3.78. The van der Waals surface area contributed by atoms with Crippen LogP contribution in [0.3, 0.4) is 0 Å². The van der Waals surface area contributed by atoms with E-state index in [1.54, 1.807) is 0 Å². The number of phosphoric ester groups is 1.